The zero-order chi connectivity index (χ0) is 15.0. The van der Waals surface area contributed by atoms with Crippen LogP contribution in [0.4, 0.5) is 16.2 Å². The van der Waals surface area contributed by atoms with Gasteiger partial charge in [-0.25, -0.2) is 4.79 Å². The summed E-state index contributed by atoms with van der Waals surface area (Å²) < 4.78 is 31.5. The molecular weight excluding hydrogens is 294 g/mol. The molecule has 3 rings (SSSR count). The van der Waals surface area contributed by atoms with Crippen molar-refractivity contribution in [1.82, 2.24) is 4.90 Å². The first-order valence-electron chi connectivity index (χ1n) is 6.17. The van der Waals surface area contributed by atoms with Crippen molar-refractivity contribution < 1.29 is 17.6 Å². The molecule has 110 valence electrons. The zero-order valence-corrected chi connectivity index (χ0v) is 12.0. The van der Waals surface area contributed by atoms with Crippen LogP contribution in [-0.2, 0) is 16.6 Å². The van der Waals surface area contributed by atoms with E-state index >= 15 is 0 Å². The lowest BCUT2D eigenvalue weighted by atomic mass is 10.1. The van der Waals surface area contributed by atoms with E-state index in [1.807, 2.05) is 0 Å². The van der Waals surface area contributed by atoms with Crippen LogP contribution in [-0.4, -0.2) is 26.4 Å². The molecule has 1 aromatic carbocycles. The number of furan rings is 1. The fourth-order valence-electron chi connectivity index (χ4n) is 2.07. The van der Waals surface area contributed by atoms with Gasteiger partial charge in [0.15, 0.2) is 0 Å². The van der Waals surface area contributed by atoms with Gasteiger partial charge in [0.2, 0.25) is 5.09 Å². The van der Waals surface area contributed by atoms with Crippen molar-refractivity contribution in [3.8, 4) is 0 Å². The number of benzene rings is 1. The van der Waals surface area contributed by atoms with E-state index in [-0.39, 0.29) is 11.1 Å². The molecule has 0 fully saturated rings. The topological polar surface area (TPSA) is 91.7 Å². The Bertz CT molecular complexity index is 784. The third-order valence-corrected chi connectivity index (χ3v) is 4.38. The molecule has 1 aliphatic heterocycles. The van der Waals surface area contributed by atoms with Gasteiger partial charge < -0.3 is 14.6 Å². The van der Waals surface area contributed by atoms with Crippen molar-refractivity contribution in [1.29, 1.82) is 0 Å². The van der Waals surface area contributed by atoms with Crippen LogP contribution in [0, 0.1) is 0 Å². The van der Waals surface area contributed by atoms with E-state index in [1.165, 1.54) is 23.3 Å². The summed E-state index contributed by atoms with van der Waals surface area (Å²) in [7, 11) is -2.07. The lowest BCUT2D eigenvalue weighted by molar-refractivity contribution is 0.218. The number of hydrogen-bond donors (Lipinski definition) is 2. The summed E-state index contributed by atoms with van der Waals surface area (Å²) in [5.74, 6) is 0. The molecule has 2 N–H and O–H groups in total. The monoisotopic (exact) mass is 307 g/mol. The van der Waals surface area contributed by atoms with Gasteiger partial charge >= 0.3 is 6.03 Å². The van der Waals surface area contributed by atoms with Crippen molar-refractivity contribution in [2.75, 3.05) is 17.1 Å². The van der Waals surface area contributed by atoms with Crippen LogP contribution in [0.2, 0.25) is 0 Å². The number of nitrogens with one attached hydrogen (secondary N) is 2. The predicted molar refractivity (Wildman–Crippen MR) is 76.4 cm³/mol. The third-order valence-electron chi connectivity index (χ3n) is 3.11. The summed E-state index contributed by atoms with van der Waals surface area (Å²) in [5, 5.41) is 2.57. The summed E-state index contributed by atoms with van der Waals surface area (Å²) in [6.07, 6.45) is 1.30. The standard InChI is InChI=1S/C13H13N3O4S/c1-16-8-9-7-10(4-5-11(9)14-13(16)17)15-21(18,19)12-3-2-6-20-12/h2-7,15H,8H2,1H3,(H,14,17). The number of rotatable bonds is 3. The number of carbonyl (C=O) groups is 1. The highest BCUT2D eigenvalue weighted by atomic mass is 32.2. The predicted octanol–water partition coefficient (Wildman–Crippen LogP) is 2.06. The summed E-state index contributed by atoms with van der Waals surface area (Å²) in [4.78, 5) is 13.0. The molecule has 0 spiro atoms. The number of carbonyl (C=O) groups excluding carboxylic acids is 1. The first-order chi connectivity index (χ1) is 9.95. The van der Waals surface area contributed by atoms with Crippen LogP contribution in [0.5, 0.6) is 0 Å². The Balaban J connectivity index is 1.88. The second-order valence-corrected chi connectivity index (χ2v) is 6.31. The minimum absolute atomic E-state index is 0.148. The summed E-state index contributed by atoms with van der Waals surface area (Å²) in [5.41, 5.74) is 1.92. The summed E-state index contributed by atoms with van der Waals surface area (Å²) in [6.45, 7) is 0.414. The Morgan fingerprint density at radius 3 is 2.86 bits per heavy atom. The van der Waals surface area contributed by atoms with Gasteiger partial charge in [0.1, 0.15) is 0 Å². The maximum absolute atomic E-state index is 12.1. The number of urea groups is 1. The number of fused-ring (bicyclic) bond motifs is 1. The normalized spacial score (nSPS) is 14.5. The van der Waals surface area contributed by atoms with E-state index in [0.717, 1.165) is 5.56 Å². The van der Waals surface area contributed by atoms with Crippen LogP contribution in [0.1, 0.15) is 5.56 Å². The van der Waals surface area contributed by atoms with Gasteiger partial charge in [-0.15, -0.1) is 0 Å². The van der Waals surface area contributed by atoms with Gasteiger partial charge in [0.25, 0.3) is 10.0 Å². The molecule has 2 amide bonds. The first kappa shape index (κ1) is 13.5. The van der Waals surface area contributed by atoms with E-state index in [1.54, 1.807) is 25.2 Å². The Labute approximate surface area is 121 Å². The lowest BCUT2D eigenvalue weighted by Crippen LogP contribution is -2.35. The van der Waals surface area contributed by atoms with Crippen molar-refractivity contribution >= 4 is 27.4 Å². The Morgan fingerprint density at radius 2 is 2.14 bits per heavy atom. The van der Waals surface area contributed by atoms with E-state index < -0.39 is 10.0 Å². The van der Waals surface area contributed by atoms with Gasteiger partial charge in [-0.1, -0.05) is 0 Å². The van der Waals surface area contributed by atoms with E-state index in [4.69, 9.17) is 4.42 Å². The molecule has 0 bridgehead atoms. The van der Waals surface area contributed by atoms with Crippen molar-refractivity contribution in [2.45, 2.75) is 11.6 Å². The van der Waals surface area contributed by atoms with Crippen LogP contribution >= 0.6 is 0 Å². The van der Waals surface area contributed by atoms with Crippen molar-refractivity contribution in [2.24, 2.45) is 0 Å². The zero-order valence-electron chi connectivity index (χ0n) is 11.2. The maximum atomic E-state index is 12.1. The third kappa shape index (κ3) is 2.57. The second kappa shape index (κ2) is 4.81. The van der Waals surface area contributed by atoms with Gasteiger partial charge in [-0.3, -0.25) is 4.72 Å². The Morgan fingerprint density at radius 1 is 1.33 bits per heavy atom. The quantitative estimate of drug-likeness (QED) is 0.908. The number of hydrogen-bond acceptors (Lipinski definition) is 4. The molecule has 2 heterocycles. The summed E-state index contributed by atoms with van der Waals surface area (Å²) in [6, 6.07) is 7.63. The van der Waals surface area contributed by atoms with E-state index in [9.17, 15) is 13.2 Å². The number of anilines is 2. The summed E-state index contributed by atoms with van der Waals surface area (Å²) >= 11 is 0. The number of amides is 2. The number of nitrogens with zero attached hydrogens (tertiary/aromatic N) is 1. The highest BCUT2D eigenvalue weighted by molar-refractivity contribution is 7.92. The molecule has 2 aromatic rings. The van der Waals surface area contributed by atoms with Crippen LogP contribution in [0.15, 0.2) is 46.1 Å². The molecule has 8 heteroatoms. The number of sulfonamides is 1. The average molecular weight is 307 g/mol. The Hall–Kier alpha value is -2.48. The first-order valence-corrected chi connectivity index (χ1v) is 7.65. The van der Waals surface area contributed by atoms with Gasteiger partial charge in [0.05, 0.1) is 6.26 Å². The van der Waals surface area contributed by atoms with Gasteiger partial charge in [-0.2, -0.15) is 8.42 Å². The second-order valence-electron chi connectivity index (χ2n) is 4.70. The van der Waals surface area contributed by atoms with Crippen molar-refractivity contribution in [3.05, 3.63) is 42.2 Å². The molecule has 0 unspecified atom stereocenters. The molecular formula is C13H13N3O4S. The molecule has 1 aliphatic rings. The minimum Gasteiger partial charge on any atom is -0.451 e. The fraction of sp³-hybridized carbons (Fsp3) is 0.154. The highest BCUT2D eigenvalue weighted by Gasteiger charge is 2.21. The lowest BCUT2D eigenvalue weighted by Gasteiger charge is -2.26. The minimum atomic E-state index is -3.74. The largest absolute Gasteiger partial charge is 0.451 e. The van der Waals surface area contributed by atoms with Crippen LogP contribution in [0.3, 0.4) is 0 Å². The smallest absolute Gasteiger partial charge is 0.321 e. The maximum Gasteiger partial charge on any atom is 0.321 e. The van der Waals surface area contributed by atoms with Gasteiger partial charge in [-0.05, 0) is 35.9 Å². The molecule has 0 atom stereocenters. The van der Waals surface area contributed by atoms with E-state index in [0.29, 0.717) is 17.9 Å². The molecule has 21 heavy (non-hydrogen) atoms. The molecule has 0 saturated heterocycles. The molecule has 7 nitrogen and oxygen atoms in total. The average Bonchev–Trinajstić information content (AvgIpc) is 2.95. The van der Waals surface area contributed by atoms with Crippen molar-refractivity contribution in [3.63, 3.8) is 0 Å². The SMILES string of the molecule is CN1Cc2cc(NS(=O)(=O)c3ccco3)ccc2NC1=O. The Kier molecular flexibility index (Phi) is 3.09. The van der Waals surface area contributed by atoms with Crippen LogP contribution < -0.4 is 10.0 Å². The van der Waals surface area contributed by atoms with Crippen LogP contribution in [0.25, 0.3) is 0 Å². The molecule has 0 aliphatic carbocycles. The highest BCUT2D eigenvalue weighted by Crippen LogP contribution is 2.27. The molecule has 0 saturated carbocycles. The van der Waals surface area contributed by atoms with Gasteiger partial charge in [0, 0.05) is 25.0 Å². The van der Waals surface area contributed by atoms with E-state index in [2.05, 4.69) is 10.0 Å². The fourth-order valence-corrected chi connectivity index (χ4v) is 3.05. The molecule has 0 radical (unpaired) electrons. The molecule has 1 aromatic heterocycles.